The molecule has 0 atom stereocenters. The van der Waals surface area contributed by atoms with Crippen molar-refractivity contribution < 1.29 is 9.13 Å². The van der Waals surface area contributed by atoms with E-state index in [1.807, 2.05) is 6.07 Å². The Balaban J connectivity index is 2.32. The number of aryl methyl sites for hydroxylation is 1. The molecule has 0 bridgehead atoms. The third-order valence-corrected chi connectivity index (χ3v) is 2.22. The molecule has 1 aromatic heterocycles. The summed E-state index contributed by atoms with van der Waals surface area (Å²) in [6, 6.07) is 8.84. The Kier molecular flexibility index (Phi) is 3.35. The van der Waals surface area contributed by atoms with Crippen molar-refractivity contribution in [1.29, 1.82) is 10.5 Å². The molecule has 0 amide bonds. The maximum atomic E-state index is 13.4. The third-order valence-electron chi connectivity index (χ3n) is 2.22. The lowest BCUT2D eigenvalue weighted by molar-refractivity contribution is 0.435. The minimum atomic E-state index is -0.687. The number of rotatable bonds is 2. The van der Waals surface area contributed by atoms with Gasteiger partial charge in [-0.2, -0.15) is 15.5 Å². The normalized spacial score (nSPS) is 9.47. The minimum Gasteiger partial charge on any atom is -0.424 e. The van der Waals surface area contributed by atoms with E-state index in [1.165, 1.54) is 18.2 Å². The monoisotopic (exact) mass is 254 g/mol. The van der Waals surface area contributed by atoms with Crippen LogP contribution in [0.2, 0.25) is 0 Å². The van der Waals surface area contributed by atoms with Crippen molar-refractivity contribution in [2.75, 3.05) is 0 Å². The van der Waals surface area contributed by atoms with Gasteiger partial charge in [-0.15, -0.1) is 0 Å². The third kappa shape index (κ3) is 2.82. The van der Waals surface area contributed by atoms with E-state index in [1.54, 1.807) is 13.0 Å². The van der Waals surface area contributed by atoms with Gasteiger partial charge in [0.2, 0.25) is 0 Å². The maximum absolute atomic E-state index is 13.4. The number of halogens is 1. The Labute approximate surface area is 108 Å². The molecule has 0 fully saturated rings. The summed E-state index contributed by atoms with van der Waals surface area (Å²) >= 11 is 0. The van der Waals surface area contributed by atoms with Crippen molar-refractivity contribution in [3.8, 4) is 23.9 Å². The number of nitriles is 2. The molecule has 0 saturated carbocycles. The molecule has 0 saturated heterocycles. The van der Waals surface area contributed by atoms with Crippen LogP contribution >= 0.6 is 0 Å². The van der Waals surface area contributed by atoms with Crippen molar-refractivity contribution in [2.45, 2.75) is 6.92 Å². The average molecular weight is 254 g/mol. The summed E-state index contributed by atoms with van der Waals surface area (Å²) in [7, 11) is 0. The first-order chi connectivity index (χ1) is 9.12. The molecule has 1 aromatic carbocycles. The number of hydrogen-bond donors (Lipinski definition) is 0. The van der Waals surface area contributed by atoms with Crippen molar-refractivity contribution in [3.05, 3.63) is 47.0 Å². The Morgan fingerprint density at radius 1 is 1.16 bits per heavy atom. The van der Waals surface area contributed by atoms with Crippen LogP contribution in [0, 0.1) is 35.4 Å². The van der Waals surface area contributed by atoms with Gasteiger partial charge in [-0.3, -0.25) is 0 Å². The summed E-state index contributed by atoms with van der Waals surface area (Å²) in [6.45, 7) is 1.69. The Bertz CT molecular complexity index is 716. The van der Waals surface area contributed by atoms with E-state index in [9.17, 15) is 4.39 Å². The molecule has 0 aliphatic heterocycles. The molecule has 6 heteroatoms. The molecule has 92 valence electrons. The highest BCUT2D eigenvalue weighted by Gasteiger charge is 2.07. The predicted molar refractivity (Wildman–Crippen MR) is 62.7 cm³/mol. The number of hydrogen-bond acceptors (Lipinski definition) is 5. The van der Waals surface area contributed by atoms with E-state index in [2.05, 4.69) is 9.97 Å². The lowest BCUT2D eigenvalue weighted by Crippen LogP contribution is -1.97. The minimum absolute atomic E-state index is 0.0411. The van der Waals surface area contributed by atoms with E-state index in [4.69, 9.17) is 15.3 Å². The van der Waals surface area contributed by atoms with E-state index in [0.717, 1.165) is 6.07 Å². The summed E-state index contributed by atoms with van der Waals surface area (Å²) in [6.07, 6.45) is 0. The first-order valence-electron chi connectivity index (χ1n) is 5.25. The zero-order valence-corrected chi connectivity index (χ0v) is 9.88. The lowest BCUT2D eigenvalue weighted by atomic mass is 10.2. The van der Waals surface area contributed by atoms with E-state index in [-0.39, 0.29) is 23.0 Å². The second kappa shape index (κ2) is 5.11. The van der Waals surface area contributed by atoms with Crippen LogP contribution in [-0.4, -0.2) is 9.97 Å². The van der Waals surface area contributed by atoms with Crippen LogP contribution in [-0.2, 0) is 0 Å². The number of ether oxygens (including phenoxy) is 1. The second-order valence-electron chi connectivity index (χ2n) is 3.64. The topological polar surface area (TPSA) is 82.6 Å². The summed E-state index contributed by atoms with van der Waals surface area (Å²) in [5, 5.41) is 17.4. The van der Waals surface area contributed by atoms with Gasteiger partial charge in [-0.1, -0.05) is 0 Å². The molecule has 19 heavy (non-hydrogen) atoms. The average Bonchev–Trinajstić information content (AvgIpc) is 2.38. The highest BCUT2D eigenvalue weighted by atomic mass is 19.1. The zero-order valence-electron chi connectivity index (χ0n) is 9.88. The fourth-order valence-electron chi connectivity index (χ4n) is 1.40. The van der Waals surface area contributed by atoms with Gasteiger partial charge in [0.15, 0.2) is 0 Å². The first kappa shape index (κ1) is 12.5. The van der Waals surface area contributed by atoms with Crippen LogP contribution in [0.15, 0.2) is 24.3 Å². The molecule has 0 aliphatic rings. The second-order valence-corrected chi connectivity index (χ2v) is 3.64. The van der Waals surface area contributed by atoms with Crippen molar-refractivity contribution >= 4 is 0 Å². The molecule has 2 rings (SSSR count). The van der Waals surface area contributed by atoms with Crippen molar-refractivity contribution in [1.82, 2.24) is 9.97 Å². The van der Waals surface area contributed by atoms with E-state index >= 15 is 0 Å². The number of nitrogens with zero attached hydrogens (tertiary/aromatic N) is 4. The number of benzene rings is 1. The molecule has 0 N–H and O–H groups in total. The molecular formula is C13H7FN4O. The van der Waals surface area contributed by atoms with Gasteiger partial charge in [0.1, 0.15) is 29.4 Å². The van der Waals surface area contributed by atoms with Crippen LogP contribution < -0.4 is 4.74 Å². The molecule has 5 nitrogen and oxygen atoms in total. The van der Waals surface area contributed by atoms with Gasteiger partial charge >= 0.3 is 6.01 Å². The Morgan fingerprint density at radius 3 is 2.58 bits per heavy atom. The van der Waals surface area contributed by atoms with Gasteiger partial charge in [-0.05, 0) is 25.1 Å². The van der Waals surface area contributed by atoms with Crippen molar-refractivity contribution in [2.24, 2.45) is 0 Å². The lowest BCUT2D eigenvalue weighted by Gasteiger charge is -2.05. The van der Waals surface area contributed by atoms with Crippen LogP contribution in [0.4, 0.5) is 4.39 Å². The van der Waals surface area contributed by atoms with Crippen LogP contribution in [0.25, 0.3) is 0 Å². The Hall–Kier alpha value is -2.99. The molecule has 2 aromatic rings. The molecule has 0 radical (unpaired) electrons. The smallest absolute Gasteiger partial charge is 0.323 e. The molecular weight excluding hydrogens is 247 g/mol. The molecule has 0 unspecified atom stereocenters. The van der Waals surface area contributed by atoms with Crippen LogP contribution in [0.5, 0.6) is 11.8 Å². The quantitative estimate of drug-likeness (QED) is 0.822. The summed E-state index contributed by atoms with van der Waals surface area (Å²) in [5.41, 5.74) is 0.655. The van der Waals surface area contributed by atoms with E-state index < -0.39 is 5.82 Å². The molecule has 1 heterocycles. The van der Waals surface area contributed by atoms with Crippen LogP contribution in [0.3, 0.4) is 0 Å². The molecule has 0 aliphatic carbocycles. The number of aromatic nitrogens is 2. The zero-order chi connectivity index (χ0) is 13.8. The summed E-state index contributed by atoms with van der Waals surface area (Å²) in [5.74, 6) is -0.529. The standard InChI is InChI=1S/C13H7FN4O/c1-8-4-10(7-16)18-13(17-8)19-11-3-2-9(6-15)12(14)5-11/h2-5H,1H3. The Morgan fingerprint density at radius 2 is 1.95 bits per heavy atom. The predicted octanol–water partition coefficient (Wildman–Crippen LogP) is 2.46. The van der Waals surface area contributed by atoms with Gasteiger partial charge in [0, 0.05) is 11.8 Å². The summed E-state index contributed by atoms with van der Waals surface area (Å²) < 4.78 is 18.6. The SMILES string of the molecule is Cc1cc(C#N)nc(Oc2ccc(C#N)c(F)c2)n1. The maximum Gasteiger partial charge on any atom is 0.323 e. The molecule has 0 spiro atoms. The highest BCUT2D eigenvalue weighted by Crippen LogP contribution is 2.21. The highest BCUT2D eigenvalue weighted by molar-refractivity contribution is 5.37. The first-order valence-corrected chi connectivity index (χ1v) is 5.25. The fraction of sp³-hybridized carbons (Fsp3) is 0.0769. The fourth-order valence-corrected chi connectivity index (χ4v) is 1.40. The van der Waals surface area contributed by atoms with Crippen molar-refractivity contribution in [3.63, 3.8) is 0 Å². The van der Waals surface area contributed by atoms with Gasteiger partial charge in [0.25, 0.3) is 0 Å². The van der Waals surface area contributed by atoms with Crippen LogP contribution in [0.1, 0.15) is 17.0 Å². The van der Waals surface area contributed by atoms with Gasteiger partial charge < -0.3 is 4.74 Å². The summed E-state index contributed by atoms with van der Waals surface area (Å²) in [4.78, 5) is 7.82. The van der Waals surface area contributed by atoms with Gasteiger partial charge in [-0.25, -0.2) is 9.37 Å². The van der Waals surface area contributed by atoms with E-state index in [0.29, 0.717) is 5.69 Å². The largest absolute Gasteiger partial charge is 0.424 e. The van der Waals surface area contributed by atoms with Gasteiger partial charge in [0.05, 0.1) is 5.56 Å².